The van der Waals surface area contributed by atoms with E-state index < -0.39 is 5.97 Å². The maximum absolute atomic E-state index is 11.1. The minimum atomic E-state index is -1.01. The molecular formula is C13H11NO2S. The van der Waals surface area contributed by atoms with Crippen molar-refractivity contribution >= 4 is 17.7 Å². The lowest BCUT2D eigenvalue weighted by Crippen LogP contribution is -2.02. The molecule has 0 atom stereocenters. The highest BCUT2D eigenvalue weighted by Crippen LogP contribution is 2.24. The van der Waals surface area contributed by atoms with Crippen LogP contribution < -0.4 is 0 Å². The Balaban J connectivity index is 2.48. The standard InChI is InChI=1S/C13H11NO2S/c1-17-10-6-4-9(5-7-10)11-3-2-8-14-12(11)13(15)16/h2-8H,1H3,(H,15,16). The van der Waals surface area contributed by atoms with E-state index in [1.54, 1.807) is 23.9 Å². The molecule has 2 aromatic rings. The molecule has 17 heavy (non-hydrogen) atoms. The molecular weight excluding hydrogens is 234 g/mol. The smallest absolute Gasteiger partial charge is 0.355 e. The van der Waals surface area contributed by atoms with E-state index in [9.17, 15) is 4.79 Å². The predicted octanol–water partition coefficient (Wildman–Crippen LogP) is 3.17. The zero-order valence-electron chi connectivity index (χ0n) is 9.25. The van der Waals surface area contributed by atoms with Gasteiger partial charge >= 0.3 is 5.97 Å². The summed E-state index contributed by atoms with van der Waals surface area (Å²) in [6, 6.07) is 11.3. The fraction of sp³-hybridized carbons (Fsp3) is 0.0769. The lowest BCUT2D eigenvalue weighted by atomic mass is 10.0. The molecule has 0 aliphatic rings. The van der Waals surface area contributed by atoms with E-state index in [0.717, 1.165) is 10.5 Å². The Morgan fingerprint density at radius 3 is 2.53 bits per heavy atom. The van der Waals surface area contributed by atoms with E-state index in [1.807, 2.05) is 30.5 Å². The predicted molar refractivity (Wildman–Crippen MR) is 68.4 cm³/mol. The van der Waals surface area contributed by atoms with Gasteiger partial charge in [0.05, 0.1) is 0 Å². The average molecular weight is 245 g/mol. The second kappa shape index (κ2) is 5.01. The SMILES string of the molecule is CSc1ccc(-c2cccnc2C(=O)O)cc1. The molecule has 1 heterocycles. The molecule has 4 heteroatoms. The van der Waals surface area contributed by atoms with Gasteiger partial charge in [-0.05, 0) is 30.0 Å². The first-order valence-corrected chi connectivity index (χ1v) is 6.27. The number of hydrogen-bond donors (Lipinski definition) is 1. The number of benzene rings is 1. The van der Waals surface area contributed by atoms with Crippen molar-refractivity contribution in [1.82, 2.24) is 4.98 Å². The first kappa shape index (κ1) is 11.7. The summed E-state index contributed by atoms with van der Waals surface area (Å²) in [5, 5.41) is 9.06. The van der Waals surface area contributed by atoms with Crippen LogP contribution in [0.1, 0.15) is 10.5 Å². The van der Waals surface area contributed by atoms with E-state index >= 15 is 0 Å². The topological polar surface area (TPSA) is 50.2 Å². The Kier molecular flexibility index (Phi) is 3.44. The van der Waals surface area contributed by atoms with Crippen LogP contribution in [0.4, 0.5) is 0 Å². The highest BCUT2D eigenvalue weighted by molar-refractivity contribution is 7.98. The number of pyridine rings is 1. The molecule has 1 aromatic carbocycles. The first-order chi connectivity index (χ1) is 8.22. The molecule has 0 aliphatic carbocycles. The summed E-state index contributed by atoms with van der Waals surface area (Å²) in [5.74, 6) is -1.01. The molecule has 0 fully saturated rings. The Bertz CT molecular complexity index is 537. The van der Waals surface area contributed by atoms with E-state index in [4.69, 9.17) is 5.11 Å². The van der Waals surface area contributed by atoms with Crippen molar-refractivity contribution in [3.05, 3.63) is 48.3 Å². The summed E-state index contributed by atoms with van der Waals surface area (Å²) in [5.41, 5.74) is 1.60. The van der Waals surface area contributed by atoms with Crippen LogP contribution in [0.5, 0.6) is 0 Å². The largest absolute Gasteiger partial charge is 0.476 e. The van der Waals surface area contributed by atoms with Crippen LogP contribution in [-0.2, 0) is 0 Å². The van der Waals surface area contributed by atoms with Crippen molar-refractivity contribution in [1.29, 1.82) is 0 Å². The second-order valence-corrected chi connectivity index (χ2v) is 4.31. The number of rotatable bonds is 3. The molecule has 0 saturated carbocycles. The van der Waals surface area contributed by atoms with Crippen LogP contribution in [0.3, 0.4) is 0 Å². The molecule has 0 aliphatic heterocycles. The van der Waals surface area contributed by atoms with Gasteiger partial charge in [-0.1, -0.05) is 18.2 Å². The summed E-state index contributed by atoms with van der Waals surface area (Å²) in [6.07, 6.45) is 3.49. The number of carboxylic acid groups (broad SMARTS) is 1. The monoisotopic (exact) mass is 245 g/mol. The van der Waals surface area contributed by atoms with Gasteiger partial charge in [-0.3, -0.25) is 0 Å². The number of carboxylic acids is 1. The molecule has 1 aromatic heterocycles. The number of thioether (sulfide) groups is 1. The fourth-order valence-electron chi connectivity index (χ4n) is 1.58. The molecule has 0 bridgehead atoms. The molecule has 0 radical (unpaired) electrons. The summed E-state index contributed by atoms with van der Waals surface area (Å²) in [7, 11) is 0. The molecule has 1 N–H and O–H groups in total. The number of hydrogen-bond acceptors (Lipinski definition) is 3. The van der Waals surface area contributed by atoms with E-state index in [1.165, 1.54) is 6.20 Å². The van der Waals surface area contributed by atoms with Gasteiger partial charge in [0.15, 0.2) is 5.69 Å². The number of nitrogens with zero attached hydrogens (tertiary/aromatic N) is 1. The maximum Gasteiger partial charge on any atom is 0.355 e. The minimum absolute atomic E-state index is 0.0874. The molecule has 0 spiro atoms. The maximum atomic E-state index is 11.1. The second-order valence-electron chi connectivity index (χ2n) is 3.43. The van der Waals surface area contributed by atoms with Gasteiger partial charge < -0.3 is 5.11 Å². The Labute approximate surface area is 104 Å². The van der Waals surface area contributed by atoms with Gasteiger partial charge in [0, 0.05) is 16.7 Å². The highest BCUT2D eigenvalue weighted by Gasteiger charge is 2.12. The van der Waals surface area contributed by atoms with Gasteiger partial charge in [-0.15, -0.1) is 11.8 Å². The van der Waals surface area contributed by atoms with Crippen molar-refractivity contribution in [3.8, 4) is 11.1 Å². The van der Waals surface area contributed by atoms with Gasteiger partial charge in [0.1, 0.15) is 0 Å². The summed E-state index contributed by atoms with van der Waals surface area (Å²) in [6.45, 7) is 0. The van der Waals surface area contributed by atoms with Crippen molar-refractivity contribution < 1.29 is 9.90 Å². The molecule has 0 amide bonds. The third-order valence-corrected chi connectivity index (χ3v) is 3.15. The third-order valence-electron chi connectivity index (χ3n) is 2.41. The Morgan fingerprint density at radius 2 is 1.94 bits per heavy atom. The van der Waals surface area contributed by atoms with Gasteiger partial charge in [-0.2, -0.15) is 0 Å². The van der Waals surface area contributed by atoms with Crippen LogP contribution in [0, 0.1) is 0 Å². The summed E-state index contributed by atoms with van der Waals surface area (Å²) >= 11 is 1.65. The summed E-state index contributed by atoms with van der Waals surface area (Å²) in [4.78, 5) is 16.1. The van der Waals surface area contributed by atoms with Gasteiger partial charge in [0.2, 0.25) is 0 Å². The lowest BCUT2D eigenvalue weighted by molar-refractivity contribution is 0.0691. The number of carbonyl (C=O) groups is 1. The Hall–Kier alpha value is -1.81. The van der Waals surface area contributed by atoms with E-state index in [2.05, 4.69) is 4.98 Å². The van der Waals surface area contributed by atoms with Gasteiger partial charge in [0.25, 0.3) is 0 Å². The fourth-order valence-corrected chi connectivity index (χ4v) is 1.99. The van der Waals surface area contributed by atoms with Crippen molar-refractivity contribution in [2.45, 2.75) is 4.90 Å². The van der Waals surface area contributed by atoms with E-state index in [0.29, 0.717) is 5.56 Å². The van der Waals surface area contributed by atoms with Crippen LogP contribution in [0.2, 0.25) is 0 Å². The quantitative estimate of drug-likeness (QED) is 0.844. The molecule has 3 nitrogen and oxygen atoms in total. The molecule has 0 unspecified atom stereocenters. The molecule has 86 valence electrons. The Morgan fingerprint density at radius 1 is 1.24 bits per heavy atom. The summed E-state index contributed by atoms with van der Waals surface area (Å²) < 4.78 is 0. The average Bonchev–Trinajstić information content (AvgIpc) is 2.39. The lowest BCUT2D eigenvalue weighted by Gasteiger charge is -2.05. The van der Waals surface area contributed by atoms with Gasteiger partial charge in [-0.25, -0.2) is 9.78 Å². The van der Waals surface area contributed by atoms with Crippen molar-refractivity contribution in [2.24, 2.45) is 0 Å². The molecule has 2 rings (SSSR count). The molecule has 0 saturated heterocycles. The van der Waals surface area contributed by atoms with Crippen molar-refractivity contribution in [2.75, 3.05) is 6.26 Å². The van der Waals surface area contributed by atoms with Crippen molar-refractivity contribution in [3.63, 3.8) is 0 Å². The normalized spacial score (nSPS) is 10.2. The zero-order chi connectivity index (χ0) is 12.3. The van der Waals surface area contributed by atoms with E-state index in [-0.39, 0.29) is 5.69 Å². The van der Waals surface area contributed by atoms with Crippen LogP contribution in [0.25, 0.3) is 11.1 Å². The number of aromatic carboxylic acids is 1. The minimum Gasteiger partial charge on any atom is -0.476 e. The van der Waals surface area contributed by atoms with Crippen LogP contribution in [0.15, 0.2) is 47.5 Å². The number of aromatic nitrogens is 1. The zero-order valence-corrected chi connectivity index (χ0v) is 10.1. The first-order valence-electron chi connectivity index (χ1n) is 5.05. The third kappa shape index (κ3) is 2.47. The highest BCUT2D eigenvalue weighted by atomic mass is 32.2. The van der Waals surface area contributed by atoms with Crippen LogP contribution >= 0.6 is 11.8 Å². The van der Waals surface area contributed by atoms with Crippen LogP contribution in [-0.4, -0.2) is 22.3 Å².